The van der Waals surface area contributed by atoms with Gasteiger partial charge in [-0.1, -0.05) is 23.2 Å². The molecule has 0 aliphatic rings. The maximum atomic E-state index is 12.7. The van der Waals surface area contributed by atoms with Crippen molar-refractivity contribution in [1.29, 1.82) is 5.26 Å². The number of amides is 2. The number of carbonyl (C=O) groups excluding carboxylic acids is 2. The highest BCUT2D eigenvalue weighted by atomic mass is 35.5. The van der Waals surface area contributed by atoms with Crippen molar-refractivity contribution < 1.29 is 22.7 Å². The van der Waals surface area contributed by atoms with Crippen LogP contribution in [0.5, 0.6) is 5.75 Å². The zero-order chi connectivity index (χ0) is 25.8. The normalized spacial score (nSPS) is 10.8. The number of nitrogens with one attached hydrogen (secondary N) is 2. The predicted molar refractivity (Wildman–Crippen MR) is 132 cm³/mol. The van der Waals surface area contributed by atoms with Gasteiger partial charge in [-0.15, -0.1) is 0 Å². The van der Waals surface area contributed by atoms with Crippen LogP contribution in [0, 0.1) is 18.3 Å². The molecule has 0 heterocycles. The van der Waals surface area contributed by atoms with Crippen LogP contribution in [0.15, 0.2) is 59.5 Å². The number of hydrogen-bond donors (Lipinski definition) is 3. The number of nitriles is 1. The van der Waals surface area contributed by atoms with E-state index in [9.17, 15) is 18.0 Å². The lowest BCUT2D eigenvalue weighted by atomic mass is 10.1. The number of hydrogen-bond acceptors (Lipinski definition) is 6. The van der Waals surface area contributed by atoms with Crippen molar-refractivity contribution in [3.63, 3.8) is 0 Å². The topological polar surface area (TPSA) is 151 Å². The summed E-state index contributed by atoms with van der Waals surface area (Å²) in [5.74, 6) is -0.926. The molecule has 3 aromatic carbocycles. The Morgan fingerprint density at radius 1 is 1.00 bits per heavy atom. The highest BCUT2D eigenvalue weighted by molar-refractivity contribution is 7.89. The fourth-order valence-electron chi connectivity index (χ4n) is 2.99. The number of primary sulfonamides is 1. The zero-order valence-corrected chi connectivity index (χ0v) is 20.5. The Morgan fingerprint density at radius 2 is 1.74 bits per heavy atom. The molecule has 0 atom stereocenters. The van der Waals surface area contributed by atoms with Crippen LogP contribution < -0.4 is 20.5 Å². The van der Waals surface area contributed by atoms with Crippen molar-refractivity contribution in [2.24, 2.45) is 5.14 Å². The third-order valence-corrected chi connectivity index (χ3v) is 6.00. The fourth-order valence-corrected chi connectivity index (χ4v) is 3.99. The van der Waals surface area contributed by atoms with E-state index in [0.29, 0.717) is 16.3 Å². The van der Waals surface area contributed by atoms with E-state index in [1.165, 1.54) is 54.6 Å². The standard InChI is InChI=1S/C23H18Cl2N4O5S/c1-13-6-18(35(27,32)33)3-4-19(13)28-22(30)12-34-21-5-2-16(24)10-20(21)29-23(31)15-7-14(11-26)8-17(25)9-15/h2-10H,12H2,1H3,(H,28,30)(H,29,31)(H2,27,32,33). The first kappa shape index (κ1) is 26.0. The highest BCUT2D eigenvalue weighted by Gasteiger charge is 2.15. The minimum atomic E-state index is -3.87. The summed E-state index contributed by atoms with van der Waals surface area (Å²) in [7, 11) is -3.87. The Kier molecular flexibility index (Phi) is 7.99. The van der Waals surface area contributed by atoms with E-state index < -0.39 is 28.4 Å². The van der Waals surface area contributed by atoms with Crippen LogP contribution >= 0.6 is 23.2 Å². The molecule has 4 N–H and O–H groups in total. The van der Waals surface area contributed by atoms with Gasteiger partial charge in [-0.3, -0.25) is 9.59 Å². The number of anilines is 2. The van der Waals surface area contributed by atoms with Gasteiger partial charge in [-0.2, -0.15) is 5.26 Å². The molecule has 12 heteroatoms. The van der Waals surface area contributed by atoms with E-state index in [4.69, 9.17) is 38.3 Å². The number of nitrogens with zero attached hydrogens (tertiary/aromatic N) is 1. The summed E-state index contributed by atoms with van der Waals surface area (Å²) >= 11 is 12.0. The number of ether oxygens (including phenoxy) is 1. The molecular weight excluding hydrogens is 515 g/mol. The average Bonchev–Trinajstić information content (AvgIpc) is 2.78. The van der Waals surface area contributed by atoms with Crippen molar-refractivity contribution in [2.45, 2.75) is 11.8 Å². The Labute approximate surface area is 211 Å². The number of halogens is 2. The van der Waals surface area contributed by atoms with E-state index >= 15 is 0 Å². The van der Waals surface area contributed by atoms with Crippen LogP contribution in [0.1, 0.15) is 21.5 Å². The number of rotatable bonds is 7. The first-order chi connectivity index (χ1) is 16.5. The minimum absolute atomic E-state index is 0.0765. The largest absolute Gasteiger partial charge is 0.482 e. The molecule has 0 fully saturated rings. The molecule has 3 aromatic rings. The van der Waals surface area contributed by atoms with Gasteiger partial charge in [0.25, 0.3) is 11.8 Å². The molecule has 180 valence electrons. The Hall–Kier alpha value is -3.62. The number of aryl methyl sites for hydroxylation is 1. The molecule has 0 saturated heterocycles. The second kappa shape index (κ2) is 10.8. The molecule has 0 spiro atoms. The molecular formula is C23H18Cl2N4O5S. The van der Waals surface area contributed by atoms with E-state index in [1.807, 2.05) is 6.07 Å². The summed E-state index contributed by atoms with van der Waals surface area (Å²) in [5.41, 5.74) is 1.43. The van der Waals surface area contributed by atoms with E-state index in [0.717, 1.165) is 0 Å². The highest BCUT2D eigenvalue weighted by Crippen LogP contribution is 2.29. The first-order valence-corrected chi connectivity index (χ1v) is 12.1. The van der Waals surface area contributed by atoms with Gasteiger partial charge in [0.1, 0.15) is 5.75 Å². The monoisotopic (exact) mass is 532 g/mol. The number of benzene rings is 3. The summed E-state index contributed by atoms with van der Waals surface area (Å²) in [5, 5.41) is 20.0. The molecule has 0 aliphatic heterocycles. The smallest absolute Gasteiger partial charge is 0.262 e. The van der Waals surface area contributed by atoms with Gasteiger partial charge < -0.3 is 15.4 Å². The molecule has 2 amide bonds. The second-order valence-corrected chi connectivity index (χ2v) is 9.73. The van der Waals surface area contributed by atoms with Crippen molar-refractivity contribution in [3.05, 3.63) is 81.3 Å². The fraction of sp³-hybridized carbons (Fsp3) is 0.0870. The van der Waals surface area contributed by atoms with Crippen LogP contribution in [-0.4, -0.2) is 26.8 Å². The van der Waals surface area contributed by atoms with Crippen molar-refractivity contribution >= 4 is 56.4 Å². The first-order valence-electron chi connectivity index (χ1n) is 9.84. The number of sulfonamides is 1. The number of nitrogens with two attached hydrogens (primary N) is 1. The minimum Gasteiger partial charge on any atom is -0.482 e. The summed E-state index contributed by atoms with van der Waals surface area (Å²) in [6, 6.07) is 14.6. The summed E-state index contributed by atoms with van der Waals surface area (Å²) in [4.78, 5) is 25.0. The summed E-state index contributed by atoms with van der Waals surface area (Å²) in [6.07, 6.45) is 0. The van der Waals surface area contributed by atoms with Crippen molar-refractivity contribution in [2.75, 3.05) is 17.2 Å². The van der Waals surface area contributed by atoms with Gasteiger partial charge in [-0.25, -0.2) is 13.6 Å². The molecule has 0 unspecified atom stereocenters. The molecule has 3 rings (SSSR count). The zero-order valence-electron chi connectivity index (χ0n) is 18.1. The van der Waals surface area contributed by atoms with Gasteiger partial charge in [-0.05, 0) is 67.1 Å². The molecule has 0 bridgehead atoms. The lowest BCUT2D eigenvalue weighted by Crippen LogP contribution is -2.21. The Balaban J connectivity index is 1.72. The molecule has 0 radical (unpaired) electrons. The number of carbonyl (C=O) groups is 2. The molecule has 35 heavy (non-hydrogen) atoms. The third kappa shape index (κ3) is 6.94. The van der Waals surface area contributed by atoms with Crippen LogP contribution in [-0.2, 0) is 14.8 Å². The molecule has 0 saturated carbocycles. The maximum Gasteiger partial charge on any atom is 0.262 e. The lowest BCUT2D eigenvalue weighted by molar-refractivity contribution is -0.118. The van der Waals surface area contributed by atoms with E-state index in [2.05, 4.69) is 10.6 Å². The van der Waals surface area contributed by atoms with Crippen LogP contribution in [0.3, 0.4) is 0 Å². The van der Waals surface area contributed by atoms with E-state index in [1.54, 1.807) is 6.92 Å². The Morgan fingerprint density at radius 3 is 2.40 bits per heavy atom. The van der Waals surface area contributed by atoms with E-state index in [-0.39, 0.29) is 32.5 Å². The van der Waals surface area contributed by atoms with Gasteiger partial charge in [0, 0.05) is 21.3 Å². The maximum absolute atomic E-state index is 12.7. The SMILES string of the molecule is Cc1cc(S(N)(=O)=O)ccc1NC(=O)COc1ccc(Cl)cc1NC(=O)c1cc(Cl)cc(C#N)c1. The van der Waals surface area contributed by atoms with Gasteiger partial charge in [0.05, 0.1) is 22.2 Å². The van der Waals surface area contributed by atoms with Crippen LogP contribution in [0.25, 0.3) is 0 Å². The van der Waals surface area contributed by atoms with Crippen molar-refractivity contribution in [1.82, 2.24) is 0 Å². The van der Waals surface area contributed by atoms with Gasteiger partial charge in [0.15, 0.2) is 6.61 Å². The molecule has 9 nitrogen and oxygen atoms in total. The van der Waals surface area contributed by atoms with Gasteiger partial charge >= 0.3 is 0 Å². The van der Waals surface area contributed by atoms with Gasteiger partial charge in [0.2, 0.25) is 10.0 Å². The molecule has 0 aliphatic carbocycles. The molecule has 0 aromatic heterocycles. The summed E-state index contributed by atoms with van der Waals surface area (Å²) in [6.45, 7) is 1.20. The average molecular weight is 533 g/mol. The second-order valence-electron chi connectivity index (χ2n) is 7.29. The lowest BCUT2D eigenvalue weighted by Gasteiger charge is -2.14. The van der Waals surface area contributed by atoms with Crippen LogP contribution in [0.2, 0.25) is 10.0 Å². The predicted octanol–water partition coefficient (Wildman–Crippen LogP) is 4.09. The summed E-state index contributed by atoms with van der Waals surface area (Å²) < 4.78 is 28.5. The third-order valence-electron chi connectivity index (χ3n) is 4.64. The quantitative estimate of drug-likeness (QED) is 0.416. The van der Waals surface area contributed by atoms with Crippen molar-refractivity contribution in [3.8, 4) is 11.8 Å². The van der Waals surface area contributed by atoms with Crippen LogP contribution in [0.4, 0.5) is 11.4 Å². The Bertz CT molecular complexity index is 1470.